The third-order valence-electron chi connectivity index (χ3n) is 1.38. The maximum atomic E-state index is 5.45. The Bertz CT molecular complexity index is 78.8. The minimum atomic E-state index is 0.401. The van der Waals surface area contributed by atoms with Gasteiger partial charge in [0.25, 0.3) is 0 Å². The lowest BCUT2D eigenvalue weighted by molar-refractivity contribution is 0.0615. The van der Waals surface area contributed by atoms with Gasteiger partial charge in [-0.1, -0.05) is 13.0 Å². The van der Waals surface area contributed by atoms with Crippen molar-refractivity contribution in [2.24, 2.45) is 0 Å². The zero-order chi connectivity index (χ0) is 7.82. The Morgan fingerprint density at radius 3 is 2.80 bits per heavy atom. The summed E-state index contributed by atoms with van der Waals surface area (Å²) in [7, 11) is 0. The van der Waals surface area contributed by atoms with Crippen LogP contribution in [0.2, 0.25) is 0 Å². The largest absolute Gasteiger partial charge is 0.379 e. The molecule has 0 radical (unpaired) electrons. The first-order chi connectivity index (χ1) is 4.81. The maximum absolute atomic E-state index is 5.45. The van der Waals surface area contributed by atoms with Crippen LogP contribution in [0, 0.1) is 0 Å². The smallest absolute Gasteiger partial charge is 0.0549 e. The van der Waals surface area contributed by atoms with Gasteiger partial charge >= 0.3 is 0 Å². The molecular formula is C9H18O. The van der Waals surface area contributed by atoms with Gasteiger partial charge in [0, 0.05) is 6.61 Å². The summed E-state index contributed by atoms with van der Waals surface area (Å²) in [6.07, 6.45) is 5.61. The second-order valence-corrected chi connectivity index (χ2v) is 2.55. The summed E-state index contributed by atoms with van der Waals surface area (Å²) in [6.45, 7) is 8.78. The van der Waals surface area contributed by atoms with E-state index in [1.807, 2.05) is 6.08 Å². The van der Waals surface area contributed by atoms with Gasteiger partial charge in [-0.05, 0) is 26.2 Å². The van der Waals surface area contributed by atoms with Gasteiger partial charge in [-0.25, -0.2) is 0 Å². The first-order valence-electron chi connectivity index (χ1n) is 4.03. The van der Waals surface area contributed by atoms with Crippen LogP contribution in [0.3, 0.4) is 0 Å². The topological polar surface area (TPSA) is 9.23 Å². The maximum Gasteiger partial charge on any atom is 0.0549 e. The Hall–Kier alpha value is -0.300. The predicted octanol–water partition coefficient (Wildman–Crippen LogP) is 2.77. The molecule has 0 fully saturated rings. The van der Waals surface area contributed by atoms with Gasteiger partial charge in [-0.2, -0.15) is 0 Å². The number of ether oxygens (including phenoxy) is 1. The van der Waals surface area contributed by atoms with Crippen molar-refractivity contribution < 1.29 is 4.74 Å². The van der Waals surface area contributed by atoms with Crippen LogP contribution in [0.5, 0.6) is 0 Å². The third-order valence-corrected chi connectivity index (χ3v) is 1.38. The summed E-state index contributed by atoms with van der Waals surface area (Å²) in [5.41, 5.74) is 0. The van der Waals surface area contributed by atoms with Crippen molar-refractivity contribution in [3.05, 3.63) is 12.7 Å². The monoisotopic (exact) mass is 142 g/mol. The van der Waals surface area contributed by atoms with E-state index in [0.717, 1.165) is 25.9 Å². The predicted molar refractivity (Wildman–Crippen MR) is 45.1 cm³/mol. The summed E-state index contributed by atoms with van der Waals surface area (Å²) in [4.78, 5) is 0. The van der Waals surface area contributed by atoms with Crippen LogP contribution >= 0.6 is 0 Å². The number of rotatable bonds is 6. The fourth-order valence-electron chi connectivity index (χ4n) is 0.755. The van der Waals surface area contributed by atoms with Crippen LogP contribution in [0.15, 0.2) is 12.7 Å². The lowest BCUT2D eigenvalue weighted by Crippen LogP contribution is -2.07. The molecule has 0 N–H and O–H groups in total. The van der Waals surface area contributed by atoms with Crippen molar-refractivity contribution in [1.82, 2.24) is 0 Å². The SMILES string of the molecule is C=CCCC(C)OCCC. The van der Waals surface area contributed by atoms with Crippen molar-refractivity contribution in [2.45, 2.75) is 39.2 Å². The zero-order valence-electron chi connectivity index (χ0n) is 7.10. The molecule has 0 aliphatic rings. The molecule has 0 aliphatic carbocycles. The highest BCUT2D eigenvalue weighted by atomic mass is 16.5. The zero-order valence-corrected chi connectivity index (χ0v) is 7.10. The summed E-state index contributed by atoms with van der Waals surface area (Å²) < 4.78 is 5.45. The Balaban J connectivity index is 3.07. The highest BCUT2D eigenvalue weighted by Gasteiger charge is 1.97. The van der Waals surface area contributed by atoms with Crippen LogP contribution in [0.1, 0.15) is 33.1 Å². The van der Waals surface area contributed by atoms with Crippen molar-refractivity contribution >= 4 is 0 Å². The average molecular weight is 142 g/mol. The number of hydrogen-bond acceptors (Lipinski definition) is 1. The molecule has 0 aromatic heterocycles. The molecule has 10 heavy (non-hydrogen) atoms. The van der Waals surface area contributed by atoms with E-state index in [4.69, 9.17) is 4.74 Å². The second kappa shape index (κ2) is 6.81. The van der Waals surface area contributed by atoms with Crippen LogP contribution in [-0.4, -0.2) is 12.7 Å². The standard InChI is InChI=1S/C9H18O/c1-4-6-7-9(3)10-8-5-2/h4,9H,1,5-8H2,2-3H3. The Morgan fingerprint density at radius 2 is 2.30 bits per heavy atom. The Labute approximate surface area is 64.1 Å². The van der Waals surface area contributed by atoms with E-state index in [1.165, 1.54) is 0 Å². The van der Waals surface area contributed by atoms with Gasteiger partial charge < -0.3 is 4.74 Å². The van der Waals surface area contributed by atoms with Crippen molar-refractivity contribution in [3.8, 4) is 0 Å². The first kappa shape index (κ1) is 9.70. The first-order valence-corrected chi connectivity index (χ1v) is 4.03. The molecule has 1 atom stereocenters. The molecule has 0 aliphatic heterocycles. The number of hydrogen-bond donors (Lipinski definition) is 0. The fourth-order valence-corrected chi connectivity index (χ4v) is 0.755. The second-order valence-electron chi connectivity index (χ2n) is 2.55. The molecular weight excluding hydrogens is 124 g/mol. The third kappa shape index (κ3) is 5.83. The van der Waals surface area contributed by atoms with Crippen molar-refractivity contribution in [3.63, 3.8) is 0 Å². The lowest BCUT2D eigenvalue weighted by atomic mass is 10.2. The van der Waals surface area contributed by atoms with Crippen LogP contribution < -0.4 is 0 Å². The highest BCUT2D eigenvalue weighted by Crippen LogP contribution is 2.01. The molecule has 0 rings (SSSR count). The van der Waals surface area contributed by atoms with Crippen LogP contribution in [-0.2, 0) is 4.74 Å². The summed E-state index contributed by atoms with van der Waals surface area (Å²) in [5, 5.41) is 0. The Kier molecular flexibility index (Phi) is 6.61. The molecule has 60 valence electrons. The quantitative estimate of drug-likeness (QED) is 0.518. The van der Waals surface area contributed by atoms with E-state index in [2.05, 4.69) is 20.4 Å². The molecule has 0 saturated carbocycles. The summed E-state index contributed by atoms with van der Waals surface area (Å²) in [6, 6.07) is 0. The van der Waals surface area contributed by atoms with E-state index in [1.54, 1.807) is 0 Å². The molecule has 0 aromatic rings. The number of allylic oxidation sites excluding steroid dienone is 1. The van der Waals surface area contributed by atoms with Gasteiger partial charge in [-0.3, -0.25) is 0 Å². The minimum Gasteiger partial charge on any atom is -0.379 e. The van der Waals surface area contributed by atoms with E-state index in [-0.39, 0.29) is 0 Å². The average Bonchev–Trinajstić information content (AvgIpc) is 1.97. The molecule has 0 saturated heterocycles. The molecule has 0 spiro atoms. The molecule has 0 aromatic carbocycles. The van der Waals surface area contributed by atoms with Crippen LogP contribution in [0.4, 0.5) is 0 Å². The molecule has 1 unspecified atom stereocenters. The van der Waals surface area contributed by atoms with E-state index >= 15 is 0 Å². The van der Waals surface area contributed by atoms with Gasteiger partial charge in [0.1, 0.15) is 0 Å². The summed E-state index contributed by atoms with van der Waals surface area (Å²) in [5.74, 6) is 0. The minimum absolute atomic E-state index is 0.401. The molecule has 0 heterocycles. The van der Waals surface area contributed by atoms with E-state index < -0.39 is 0 Å². The van der Waals surface area contributed by atoms with Crippen molar-refractivity contribution in [2.75, 3.05) is 6.61 Å². The Morgan fingerprint density at radius 1 is 1.60 bits per heavy atom. The fraction of sp³-hybridized carbons (Fsp3) is 0.778. The highest BCUT2D eigenvalue weighted by molar-refractivity contribution is 4.67. The summed E-state index contributed by atoms with van der Waals surface area (Å²) >= 11 is 0. The molecule has 0 amide bonds. The molecule has 1 nitrogen and oxygen atoms in total. The van der Waals surface area contributed by atoms with Gasteiger partial charge in [0.05, 0.1) is 6.10 Å². The van der Waals surface area contributed by atoms with Crippen LogP contribution in [0.25, 0.3) is 0 Å². The molecule has 1 heteroatoms. The lowest BCUT2D eigenvalue weighted by Gasteiger charge is -2.09. The van der Waals surface area contributed by atoms with Gasteiger partial charge in [0.15, 0.2) is 0 Å². The van der Waals surface area contributed by atoms with Gasteiger partial charge in [-0.15, -0.1) is 6.58 Å². The van der Waals surface area contributed by atoms with Gasteiger partial charge in [0.2, 0.25) is 0 Å². The van der Waals surface area contributed by atoms with Crippen molar-refractivity contribution in [1.29, 1.82) is 0 Å². The molecule has 0 bridgehead atoms. The van der Waals surface area contributed by atoms with E-state index in [9.17, 15) is 0 Å². The normalized spacial score (nSPS) is 13.0. The van der Waals surface area contributed by atoms with E-state index in [0.29, 0.717) is 6.10 Å².